The van der Waals surface area contributed by atoms with Crippen LogP contribution < -0.4 is 0 Å². The molecular formula is C17H19FN2O4. The number of ether oxygens (including phenoxy) is 1. The molecule has 0 saturated heterocycles. The molecule has 0 aliphatic carbocycles. The second kappa shape index (κ2) is 6.82. The largest absolute Gasteiger partial charge is 0.464 e. The zero-order valence-corrected chi connectivity index (χ0v) is 14.0. The van der Waals surface area contributed by atoms with E-state index in [1.165, 1.54) is 42.5 Å². The number of rotatable bonds is 4. The number of esters is 1. The molecule has 1 aromatic carbocycles. The van der Waals surface area contributed by atoms with Gasteiger partial charge in [-0.05, 0) is 45.0 Å². The summed E-state index contributed by atoms with van der Waals surface area (Å²) in [6.45, 7) is 5.65. The first kappa shape index (κ1) is 17.7. The summed E-state index contributed by atoms with van der Waals surface area (Å²) < 4.78 is 22.9. The van der Waals surface area contributed by atoms with Crippen molar-refractivity contribution in [1.29, 1.82) is 0 Å². The molecule has 6 nitrogen and oxygen atoms in total. The molecule has 0 radical (unpaired) electrons. The average molecular weight is 334 g/mol. The first-order valence-electron chi connectivity index (χ1n) is 7.32. The minimum absolute atomic E-state index is 0.0376. The van der Waals surface area contributed by atoms with E-state index in [-0.39, 0.29) is 24.0 Å². The lowest BCUT2D eigenvalue weighted by molar-refractivity contribution is 0.0532. The highest BCUT2D eigenvalue weighted by atomic mass is 19.1. The summed E-state index contributed by atoms with van der Waals surface area (Å²) in [6, 6.07) is 5.31. The topological polar surface area (TPSA) is 72.6 Å². The predicted molar refractivity (Wildman–Crippen MR) is 83.9 cm³/mol. The Morgan fingerprint density at radius 1 is 1.25 bits per heavy atom. The first-order chi connectivity index (χ1) is 11.2. The van der Waals surface area contributed by atoms with Crippen LogP contribution in [-0.4, -0.2) is 34.4 Å². The number of carbonyl (C=O) groups excluding carboxylic acids is 2. The third-order valence-electron chi connectivity index (χ3n) is 3.39. The fourth-order valence-electron chi connectivity index (χ4n) is 2.08. The highest BCUT2D eigenvalue weighted by molar-refractivity contribution is 5.94. The number of hydrogen-bond acceptors (Lipinski definition) is 5. The smallest absolute Gasteiger partial charge is 0.360 e. The van der Waals surface area contributed by atoms with Crippen LogP contribution >= 0.6 is 0 Å². The Kier molecular flexibility index (Phi) is 5.02. The van der Waals surface area contributed by atoms with Crippen LogP contribution in [0.3, 0.4) is 0 Å². The summed E-state index contributed by atoms with van der Waals surface area (Å²) in [7, 11) is 1.25. The third kappa shape index (κ3) is 3.98. The van der Waals surface area contributed by atoms with Gasteiger partial charge in [-0.15, -0.1) is 0 Å². The van der Waals surface area contributed by atoms with E-state index in [1.54, 1.807) is 0 Å². The van der Waals surface area contributed by atoms with Gasteiger partial charge in [0.2, 0.25) is 5.89 Å². The number of amides is 1. The van der Waals surface area contributed by atoms with Gasteiger partial charge in [-0.3, -0.25) is 4.79 Å². The maximum absolute atomic E-state index is 13.1. The predicted octanol–water partition coefficient (Wildman–Crippen LogP) is 3.04. The van der Waals surface area contributed by atoms with Crippen LogP contribution in [0.2, 0.25) is 0 Å². The van der Waals surface area contributed by atoms with Crippen molar-refractivity contribution < 1.29 is 23.1 Å². The minimum Gasteiger partial charge on any atom is -0.464 e. The summed E-state index contributed by atoms with van der Waals surface area (Å²) >= 11 is 0. The molecule has 0 saturated carbocycles. The van der Waals surface area contributed by atoms with Crippen molar-refractivity contribution in [2.45, 2.75) is 32.9 Å². The molecule has 1 amide bonds. The zero-order valence-electron chi connectivity index (χ0n) is 14.0. The number of halogens is 1. The molecule has 0 atom stereocenters. The summed E-state index contributed by atoms with van der Waals surface area (Å²) in [5.74, 6) is -1.11. The molecule has 24 heavy (non-hydrogen) atoms. The normalized spacial score (nSPS) is 11.2. The number of benzene rings is 1. The second-order valence-corrected chi connectivity index (χ2v) is 6.19. The van der Waals surface area contributed by atoms with Crippen molar-refractivity contribution >= 4 is 11.9 Å². The van der Waals surface area contributed by atoms with Crippen molar-refractivity contribution in [2.75, 3.05) is 7.11 Å². The lowest BCUT2D eigenvalue weighted by Gasteiger charge is -2.34. The number of oxazole rings is 1. The third-order valence-corrected chi connectivity index (χ3v) is 3.39. The Hall–Kier alpha value is -2.70. The monoisotopic (exact) mass is 334 g/mol. The van der Waals surface area contributed by atoms with Crippen LogP contribution in [0.1, 0.15) is 47.5 Å². The van der Waals surface area contributed by atoms with Gasteiger partial charge in [-0.2, -0.15) is 0 Å². The molecule has 0 spiro atoms. The van der Waals surface area contributed by atoms with Gasteiger partial charge >= 0.3 is 5.97 Å². The molecule has 128 valence electrons. The van der Waals surface area contributed by atoms with E-state index in [0.717, 1.165) is 0 Å². The van der Waals surface area contributed by atoms with E-state index < -0.39 is 17.3 Å². The van der Waals surface area contributed by atoms with Gasteiger partial charge in [0.05, 0.1) is 13.7 Å². The van der Waals surface area contributed by atoms with E-state index in [0.29, 0.717) is 5.56 Å². The number of nitrogens with zero attached hydrogens (tertiary/aromatic N) is 2. The molecule has 0 fully saturated rings. The van der Waals surface area contributed by atoms with Crippen LogP contribution in [0.25, 0.3) is 0 Å². The minimum atomic E-state index is -0.614. The molecule has 7 heteroatoms. The van der Waals surface area contributed by atoms with E-state index >= 15 is 0 Å². The zero-order chi connectivity index (χ0) is 17.9. The van der Waals surface area contributed by atoms with Gasteiger partial charge in [0, 0.05) is 11.1 Å². The van der Waals surface area contributed by atoms with Crippen molar-refractivity contribution in [3.63, 3.8) is 0 Å². The molecule has 1 aromatic heterocycles. The fourth-order valence-corrected chi connectivity index (χ4v) is 2.08. The van der Waals surface area contributed by atoms with Gasteiger partial charge in [-0.25, -0.2) is 14.2 Å². The number of aromatic nitrogens is 1. The van der Waals surface area contributed by atoms with Crippen LogP contribution in [0.15, 0.2) is 34.9 Å². The van der Waals surface area contributed by atoms with E-state index in [2.05, 4.69) is 9.72 Å². The molecule has 0 N–H and O–H groups in total. The molecule has 0 unspecified atom stereocenters. The molecule has 2 rings (SSSR count). The number of carbonyl (C=O) groups is 2. The first-order valence-corrected chi connectivity index (χ1v) is 7.32. The highest BCUT2D eigenvalue weighted by Gasteiger charge is 2.29. The van der Waals surface area contributed by atoms with Crippen LogP contribution in [0, 0.1) is 5.82 Å². The van der Waals surface area contributed by atoms with Gasteiger partial charge in [-0.1, -0.05) is 0 Å². The summed E-state index contributed by atoms with van der Waals surface area (Å²) in [5.41, 5.74) is -0.146. The molecule has 0 bridgehead atoms. The Bertz CT molecular complexity index is 732. The standard InChI is InChI=1S/C17H19FN2O4/c1-17(2,3)20(15(21)11-5-7-12(18)8-6-11)9-14-19-13(10-24-14)16(22)23-4/h5-8,10H,9H2,1-4H3. The highest BCUT2D eigenvalue weighted by Crippen LogP contribution is 2.21. The van der Waals surface area contributed by atoms with E-state index in [4.69, 9.17) is 4.42 Å². The lowest BCUT2D eigenvalue weighted by atomic mass is 10.0. The maximum atomic E-state index is 13.1. The number of hydrogen-bond donors (Lipinski definition) is 0. The van der Waals surface area contributed by atoms with Gasteiger partial charge in [0.1, 0.15) is 12.1 Å². The summed E-state index contributed by atoms with van der Waals surface area (Å²) in [5, 5.41) is 0. The summed E-state index contributed by atoms with van der Waals surface area (Å²) in [4.78, 5) is 29.7. The van der Waals surface area contributed by atoms with Crippen molar-refractivity contribution in [2.24, 2.45) is 0 Å². The Morgan fingerprint density at radius 2 is 1.88 bits per heavy atom. The molecular weight excluding hydrogens is 315 g/mol. The van der Waals surface area contributed by atoms with Crippen molar-refractivity contribution in [3.8, 4) is 0 Å². The lowest BCUT2D eigenvalue weighted by Crippen LogP contribution is -2.45. The van der Waals surface area contributed by atoms with Crippen LogP contribution in [0.4, 0.5) is 4.39 Å². The SMILES string of the molecule is COC(=O)c1coc(CN(C(=O)c2ccc(F)cc2)C(C)(C)C)n1. The average Bonchev–Trinajstić information content (AvgIpc) is 2.99. The second-order valence-electron chi connectivity index (χ2n) is 6.19. The van der Waals surface area contributed by atoms with Crippen molar-refractivity contribution in [1.82, 2.24) is 9.88 Å². The Balaban J connectivity index is 2.26. The molecule has 1 heterocycles. The number of methoxy groups -OCH3 is 1. The van der Waals surface area contributed by atoms with Gasteiger partial charge in [0.25, 0.3) is 5.91 Å². The van der Waals surface area contributed by atoms with Gasteiger partial charge in [0.15, 0.2) is 5.69 Å². The fraction of sp³-hybridized carbons (Fsp3) is 0.353. The van der Waals surface area contributed by atoms with Crippen LogP contribution in [-0.2, 0) is 11.3 Å². The Morgan fingerprint density at radius 3 is 2.42 bits per heavy atom. The quantitative estimate of drug-likeness (QED) is 0.804. The van der Waals surface area contributed by atoms with Crippen molar-refractivity contribution in [3.05, 3.63) is 53.5 Å². The van der Waals surface area contributed by atoms with E-state index in [9.17, 15) is 14.0 Å². The Labute approximate surface area is 139 Å². The van der Waals surface area contributed by atoms with Crippen LogP contribution in [0.5, 0.6) is 0 Å². The van der Waals surface area contributed by atoms with E-state index in [1.807, 2.05) is 20.8 Å². The van der Waals surface area contributed by atoms with Gasteiger partial charge < -0.3 is 14.1 Å². The summed E-state index contributed by atoms with van der Waals surface area (Å²) in [6.07, 6.45) is 1.18. The molecule has 2 aromatic rings. The maximum Gasteiger partial charge on any atom is 0.360 e. The molecule has 0 aliphatic rings. The molecule has 0 aliphatic heterocycles.